The number of nitrogens with one attached hydrogen (secondary N) is 2. The maximum absolute atomic E-state index is 5.37. The van der Waals surface area contributed by atoms with E-state index in [1.54, 1.807) is 20.4 Å². The third kappa shape index (κ3) is 5.84. The summed E-state index contributed by atoms with van der Waals surface area (Å²) in [5.41, 5.74) is 6.43. The normalized spacial score (nSPS) is 15.9. The van der Waals surface area contributed by atoms with Crippen molar-refractivity contribution in [2.24, 2.45) is 10.1 Å². The molecule has 0 aliphatic carbocycles. The fraction of sp³-hybridized carbons (Fsp3) is 0.304. The Morgan fingerprint density at radius 2 is 1.97 bits per heavy atom. The third-order valence-electron chi connectivity index (χ3n) is 4.74. The Morgan fingerprint density at radius 3 is 2.73 bits per heavy atom. The van der Waals surface area contributed by atoms with Crippen LogP contribution in [0, 0.1) is 6.92 Å². The van der Waals surface area contributed by atoms with Crippen molar-refractivity contribution in [1.82, 2.24) is 15.6 Å². The molecule has 158 valence electrons. The van der Waals surface area contributed by atoms with E-state index in [1.165, 1.54) is 11.1 Å². The summed E-state index contributed by atoms with van der Waals surface area (Å²) in [5, 5.41) is 7.75. The van der Waals surface area contributed by atoms with E-state index in [0.717, 1.165) is 30.0 Å². The van der Waals surface area contributed by atoms with E-state index >= 15 is 0 Å². The van der Waals surface area contributed by atoms with Crippen LogP contribution in [0.1, 0.15) is 16.7 Å². The first-order valence-electron chi connectivity index (χ1n) is 9.87. The van der Waals surface area contributed by atoms with Gasteiger partial charge in [0.1, 0.15) is 5.84 Å². The number of rotatable bonds is 8. The quantitative estimate of drug-likeness (QED) is 0.520. The van der Waals surface area contributed by atoms with E-state index in [1.807, 2.05) is 54.6 Å². The number of aliphatic imine (C=N–C) groups is 1. The maximum atomic E-state index is 5.37. The molecule has 1 aliphatic rings. The Labute approximate surface area is 178 Å². The van der Waals surface area contributed by atoms with Gasteiger partial charge in [0.05, 0.1) is 20.4 Å². The summed E-state index contributed by atoms with van der Waals surface area (Å²) in [6.45, 7) is 2.83. The molecule has 1 heterocycles. The van der Waals surface area contributed by atoms with Crippen molar-refractivity contribution in [2.45, 2.75) is 19.6 Å². The van der Waals surface area contributed by atoms with Crippen LogP contribution in [0.4, 0.5) is 0 Å². The van der Waals surface area contributed by atoms with Gasteiger partial charge in [-0.3, -0.25) is 10.7 Å². The van der Waals surface area contributed by atoms with Gasteiger partial charge in [-0.05, 0) is 42.7 Å². The van der Waals surface area contributed by atoms with E-state index in [-0.39, 0.29) is 6.29 Å². The zero-order chi connectivity index (χ0) is 21.3. The van der Waals surface area contributed by atoms with Crippen LogP contribution >= 0.6 is 0 Å². The number of aryl methyl sites for hydroxylation is 1. The molecule has 0 radical (unpaired) electrons. The van der Waals surface area contributed by atoms with Crippen LogP contribution in [0.3, 0.4) is 0 Å². The Balaban J connectivity index is 1.54. The first-order valence-corrected chi connectivity index (χ1v) is 9.87. The molecule has 2 aromatic carbocycles. The summed E-state index contributed by atoms with van der Waals surface area (Å²) < 4.78 is 10.7. The van der Waals surface area contributed by atoms with Gasteiger partial charge >= 0.3 is 0 Å². The van der Waals surface area contributed by atoms with Crippen LogP contribution in [0.25, 0.3) is 0 Å². The molecule has 0 saturated carbocycles. The second-order valence-corrected chi connectivity index (χ2v) is 7.05. The van der Waals surface area contributed by atoms with Crippen LogP contribution in [0.5, 0.6) is 11.5 Å². The Kier molecular flexibility index (Phi) is 7.45. The summed E-state index contributed by atoms with van der Waals surface area (Å²) in [7, 11) is 5.27. The summed E-state index contributed by atoms with van der Waals surface area (Å²) in [4.78, 5) is 6.70. The minimum Gasteiger partial charge on any atom is -0.493 e. The number of hydrogen-bond acceptors (Lipinski definition) is 7. The Hall–Kier alpha value is -3.32. The second kappa shape index (κ2) is 10.5. The number of amidine groups is 1. The molecular weight excluding hydrogens is 378 g/mol. The molecule has 1 unspecified atom stereocenters. The fourth-order valence-corrected chi connectivity index (χ4v) is 3.10. The molecule has 2 aromatic rings. The molecular formula is C23H29N5O2. The standard InChI is InChI=1S/C23H29N5O2/c1-17-6-5-7-19(14-17)16-25-27-22-11-13-28(2)23(26-22)24-12-10-18-8-9-20(29-3)21(15-18)30-4/h5-9,11,13-16,23-24H,10,12H2,1-4H3,(H,26,27)/b25-16+. The molecule has 1 atom stereocenters. The largest absolute Gasteiger partial charge is 0.493 e. The van der Waals surface area contributed by atoms with Crippen molar-refractivity contribution in [2.75, 3.05) is 27.8 Å². The summed E-state index contributed by atoms with van der Waals surface area (Å²) in [6, 6.07) is 14.1. The van der Waals surface area contributed by atoms with Crippen LogP contribution in [-0.4, -0.2) is 51.1 Å². The van der Waals surface area contributed by atoms with Crippen LogP contribution in [0.2, 0.25) is 0 Å². The van der Waals surface area contributed by atoms with Crippen molar-refractivity contribution in [3.05, 3.63) is 71.4 Å². The summed E-state index contributed by atoms with van der Waals surface area (Å²) >= 11 is 0. The van der Waals surface area contributed by atoms with Gasteiger partial charge < -0.3 is 14.4 Å². The highest BCUT2D eigenvalue weighted by Crippen LogP contribution is 2.27. The second-order valence-electron chi connectivity index (χ2n) is 7.05. The predicted molar refractivity (Wildman–Crippen MR) is 121 cm³/mol. The summed E-state index contributed by atoms with van der Waals surface area (Å²) in [5.74, 6) is 2.18. The van der Waals surface area contributed by atoms with Gasteiger partial charge in [0.2, 0.25) is 0 Å². The molecule has 0 aromatic heterocycles. The van der Waals surface area contributed by atoms with Crippen LogP contribution in [-0.2, 0) is 6.42 Å². The molecule has 0 bridgehead atoms. The molecule has 0 amide bonds. The zero-order valence-corrected chi connectivity index (χ0v) is 17.9. The predicted octanol–water partition coefficient (Wildman–Crippen LogP) is 2.91. The molecule has 30 heavy (non-hydrogen) atoms. The maximum Gasteiger partial charge on any atom is 0.177 e. The molecule has 0 fully saturated rings. The lowest BCUT2D eigenvalue weighted by Crippen LogP contribution is -2.43. The third-order valence-corrected chi connectivity index (χ3v) is 4.74. The first-order chi connectivity index (χ1) is 14.6. The van der Waals surface area contributed by atoms with E-state index in [4.69, 9.17) is 9.47 Å². The van der Waals surface area contributed by atoms with Crippen LogP contribution in [0.15, 0.2) is 64.8 Å². The number of methoxy groups -OCH3 is 2. The van der Waals surface area contributed by atoms with Crippen molar-refractivity contribution < 1.29 is 9.47 Å². The fourth-order valence-electron chi connectivity index (χ4n) is 3.10. The molecule has 7 nitrogen and oxygen atoms in total. The average Bonchev–Trinajstić information content (AvgIpc) is 2.75. The van der Waals surface area contributed by atoms with Gasteiger partial charge in [0.25, 0.3) is 0 Å². The zero-order valence-electron chi connectivity index (χ0n) is 17.9. The van der Waals surface area contributed by atoms with E-state index in [0.29, 0.717) is 5.84 Å². The van der Waals surface area contributed by atoms with Gasteiger partial charge in [-0.15, -0.1) is 0 Å². The topological polar surface area (TPSA) is 70.5 Å². The van der Waals surface area contributed by atoms with E-state index < -0.39 is 0 Å². The van der Waals surface area contributed by atoms with Crippen molar-refractivity contribution in [3.8, 4) is 11.5 Å². The smallest absolute Gasteiger partial charge is 0.177 e. The minimum atomic E-state index is -0.160. The minimum absolute atomic E-state index is 0.160. The number of ether oxygens (including phenoxy) is 2. The van der Waals surface area contributed by atoms with Gasteiger partial charge in [-0.25, -0.2) is 4.99 Å². The van der Waals surface area contributed by atoms with Crippen molar-refractivity contribution in [3.63, 3.8) is 0 Å². The highest BCUT2D eigenvalue weighted by Gasteiger charge is 2.14. The highest BCUT2D eigenvalue weighted by atomic mass is 16.5. The Bertz CT molecular complexity index is 939. The van der Waals surface area contributed by atoms with E-state index in [2.05, 4.69) is 39.9 Å². The van der Waals surface area contributed by atoms with Gasteiger partial charge in [0, 0.05) is 19.8 Å². The highest BCUT2D eigenvalue weighted by molar-refractivity contribution is 5.94. The molecule has 0 spiro atoms. The lowest BCUT2D eigenvalue weighted by atomic mass is 10.1. The molecule has 2 N–H and O–H groups in total. The number of nitrogens with zero attached hydrogens (tertiary/aromatic N) is 3. The Morgan fingerprint density at radius 1 is 1.13 bits per heavy atom. The number of hydrogen-bond donors (Lipinski definition) is 2. The van der Waals surface area contributed by atoms with Gasteiger partial charge in [0.15, 0.2) is 17.8 Å². The molecule has 3 rings (SSSR count). The SMILES string of the molecule is COc1ccc(CCNC2N=C(N/N=C/c3cccc(C)c3)C=CN2C)cc1OC. The molecule has 7 heteroatoms. The molecule has 1 aliphatic heterocycles. The van der Waals surface area contributed by atoms with Crippen LogP contribution < -0.4 is 20.2 Å². The van der Waals surface area contributed by atoms with E-state index in [9.17, 15) is 0 Å². The lowest BCUT2D eigenvalue weighted by Gasteiger charge is -2.27. The number of benzene rings is 2. The lowest BCUT2D eigenvalue weighted by molar-refractivity contribution is 0.282. The van der Waals surface area contributed by atoms with Gasteiger partial charge in [-0.2, -0.15) is 5.10 Å². The summed E-state index contributed by atoms with van der Waals surface area (Å²) in [6.07, 6.45) is 6.36. The molecule has 0 saturated heterocycles. The van der Waals surface area contributed by atoms with Gasteiger partial charge in [-0.1, -0.05) is 35.9 Å². The average molecular weight is 408 g/mol. The van der Waals surface area contributed by atoms with Crippen molar-refractivity contribution >= 4 is 12.1 Å². The number of hydrazone groups is 1. The monoisotopic (exact) mass is 407 g/mol. The first kappa shape index (κ1) is 21.4. The van der Waals surface area contributed by atoms with Crippen molar-refractivity contribution in [1.29, 1.82) is 0 Å².